The number of nitrogens with zero attached hydrogens (tertiary/aromatic N) is 1. The van der Waals surface area contributed by atoms with E-state index in [1.165, 1.54) is 0 Å². The van der Waals surface area contributed by atoms with Gasteiger partial charge in [0.2, 0.25) is 0 Å². The van der Waals surface area contributed by atoms with Crippen LogP contribution in [-0.4, -0.2) is 11.4 Å². The first-order valence-electron chi connectivity index (χ1n) is 8.04. The number of fused-ring (bicyclic) bond motifs is 2. The smallest absolute Gasteiger partial charge is 0.153 e. The summed E-state index contributed by atoms with van der Waals surface area (Å²) in [6, 6.07) is 17.1. The third kappa shape index (κ3) is 2.52. The minimum atomic E-state index is -0.0404. The molecule has 0 amide bonds. The molecule has 0 unspecified atom stereocenters. The summed E-state index contributed by atoms with van der Waals surface area (Å²) in [5.41, 5.74) is 5.02. The van der Waals surface area contributed by atoms with Crippen molar-refractivity contribution in [1.82, 2.24) is 0 Å². The number of carbonyl (C=O) groups excluding carboxylic acids is 1. The summed E-state index contributed by atoms with van der Waals surface area (Å²) in [6.07, 6.45) is 0.646. The number of carbonyl (C=O) groups is 1. The molecule has 25 heavy (non-hydrogen) atoms. The number of hydrogen-bond acceptors (Lipinski definition) is 4. The number of phenols is 1. The molecule has 3 aromatic rings. The Balaban J connectivity index is 1.95. The van der Waals surface area contributed by atoms with Gasteiger partial charge in [-0.05, 0) is 61.4 Å². The average Bonchev–Trinajstić information content (AvgIpc) is 2.59. The molecule has 0 saturated heterocycles. The summed E-state index contributed by atoms with van der Waals surface area (Å²) in [7, 11) is 0. The molecule has 1 aliphatic heterocycles. The van der Waals surface area contributed by atoms with Crippen LogP contribution < -0.4 is 9.64 Å². The van der Waals surface area contributed by atoms with Crippen LogP contribution in [0.15, 0.2) is 54.6 Å². The molecular formula is C21H17NO3. The van der Waals surface area contributed by atoms with Gasteiger partial charge in [0, 0.05) is 6.07 Å². The zero-order chi connectivity index (χ0) is 17.6. The molecule has 1 N–H and O–H groups in total. The monoisotopic (exact) mass is 331 g/mol. The lowest BCUT2D eigenvalue weighted by Crippen LogP contribution is -2.16. The van der Waals surface area contributed by atoms with Crippen molar-refractivity contribution in [1.29, 1.82) is 0 Å². The molecule has 1 heterocycles. The largest absolute Gasteiger partial charge is 0.507 e. The Morgan fingerprint density at radius 1 is 0.880 bits per heavy atom. The van der Waals surface area contributed by atoms with Crippen LogP contribution in [0.1, 0.15) is 21.5 Å². The number of benzene rings is 3. The molecule has 1 aliphatic rings. The Morgan fingerprint density at radius 2 is 1.48 bits per heavy atom. The highest BCUT2D eigenvalue weighted by molar-refractivity contribution is 5.88. The van der Waals surface area contributed by atoms with E-state index in [2.05, 4.69) is 0 Å². The van der Waals surface area contributed by atoms with Crippen LogP contribution in [0.4, 0.5) is 17.1 Å². The lowest BCUT2D eigenvalue weighted by molar-refractivity contribution is 0.112. The van der Waals surface area contributed by atoms with Gasteiger partial charge in [-0.3, -0.25) is 4.79 Å². The number of anilines is 3. The van der Waals surface area contributed by atoms with E-state index in [1.807, 2.05) is 61.2 Å². The van der Waals surface area contributed by atoms with E-state index >= 15 is 0 Å². The third-order valence-corrected chi connectivity index (χ3v) is 4.33. The summed E-state index contributed by atoms with van der Waals surface area (Å²) in [5, 5.41) is 10.1. The second-order valence-corrected chi connectivity index (χ2v) is 6.24. The first kappa shape index (κ1) is 15.3. The highest BCUT2D eigenvalue weighted by Crippen LogP contribution is 2.51. The van der Waals surface area contributed by atoms with Gasteiger partial charge in [-0.25, -0.2) is 0 Å². The SMILES string of the molecule is Cc1ccc2c(c1)Oc1cc(C)ccc1N2c1ccc(C=O)c(O)c1. The lowest BCUT2D eigenvalue weighted by Gasteiger charge is -2.33. The molecule has 0 fully saturated rings. The Hall–Kier alpha value is -3.27. The normalized spacial score (nSPS) is 12.2. The molecule has 0 saturated carbocycles. The molecule has 0 spiro atoms. The van der Waals surface area contributed by atoms with Gasteiger partial charge in [-0.2, -0.15) is 0 Å². The minimum absolute atomic E-state index is 0.0404. The second kappa shape index (κ2) is 5.67. The lowest BCUT2D eigenvalue weighted by atomic mass is 10.1. The van der Waals surface area contributed by atoms with E-state index < -0.39 is 0 Å². The summed E-state index contributed by atoms with van der Waals surface area (Å²) >= 11 is 0. The van der Waals surface area contributed by atoms with E-state index in [9.17, 15) is 9.90 Å². The van der Waals surface area contributed by atoms with Crippen LogP contribution in [0.3, 0.4) is 0 Å². The standard InChI is InChI=1S/C21H17NO3/c1-13-3-7-17-20(9-13)25-21-10-14(2)4-8-18(21)22(17)16-6-5-15(12-23)19(24)11-16/h3-12,24H,1-2H3. The number of aldehydes is 1. The van der Waals surface area contributed by atoms with Crippen molar-refractivity contribution in [2.75, 3.05) is 4.90 Å². The van der Waals surface area contributed by atoms with Crippen molar-refractivity contribution >= 4 is 23.3 Å². The fourth-order valence-corrected chi connectivity index (χ4v) is 3.07. The number of phenolic OH excluding ortho intramolecular Hbond substituents is 1. The van der Waals surface area contributed by atoms with Gasteiger partial charge in [-0.15, -0.1) is 0 Å². The number of hydrogen-bond donors (Lipinski definition) is 1. The second-order valence-electron chi connectivity index (χ2n) is 6.24. The van der Waals surface area contributed by atoms with Crippen molar-refractivity contribution in [3.63, 3.8) is 0 Å². The van der Waals surface area contributed by atoms with Crippen molar-refractivity contribution in [3.05, 3.63) is 71.3 Å². The van der Waals surface area contributed by atoms with E-state index in [-0.39, 0.29) is 11.3 Å². The summed E-state index contributed by atoms with van der Waals surface area (Å²) in [4.78, 5) is 13.0. The van der Waals surface area contributed by atoms with Gasteiger partial charge >= 0.3 is 0 Å². The predicted molar refractivity (Wildman–Crippen MR) is 97.7 cm³/mol. The maximum absolute atomic E-state index is 11.0. The van der Waals surface area contributed by atoms with Crippen molar-refractivity contribution < 1.29 is 14.6 Å². The predicted octanol–water partition coefficient (Wildman–Crippen LogP) is 5.40. The fraction of sp³-hybridized carbons (Fsp3) is 0.0952. The maximum Gasteiger partial charge on any atom is 0.153 e. The van der Waals surface area contributed by atoms with Gasteiger partial charge in [-0.1, -0.05) is 12.1 Å². The van der Waals surface area contributed by atoms with E-state index in [4.69, 9.17) is 4.74 Å². The van der Waals surface area contributed by atoms with Crippen LogP contribution in [0.5, 0.6) is 17.2 Å². The quantitative estimate of drug-likeness (QED) is 0.500. The Bertz CT molecular complexity index is 943. The minimum Gasteiger partial charge on any atom is -0.507 e. The highest BCUT2D eigenvalue weighted by atomic mass is 16.5. The molecule has 0 bridgehead atoms. The van der Waals surface area contributed by atoms with Crippen LogP contribution in [-0.2, 0) is 0 Å². The molecule has 0 radical (unpaired) electrons. The molecule has 4 nitrogen and oxygen atoms in total. The maximum atomic E-state index is 11.0. The van der Waals surface area contributed by atoms with Crippen LogP contribution in [0, 0.1) is 13.8 Å². The summed E-state index contributed by atoms with van der Waals surface area (Å²) in [6.45, 7) is 4.04. The highest BCUT2D eigenvalue weighted by Gasteiger charge is 2.26. The van der Waals surface area contributed by atoms with Crippen molar-refractivity contribution in [2.24, 2.45) is 0 Å². The number of rotatable bonds is 2. The first-order valence-corrected chi connectivity index (χ1v) is 8.04. The van der Waals surface area contributed by atoms with E-state index in [0.29, 0.717) is 6.29 Å². The van der Waals surface area contributed by atoms with E-state index in [0.717, 1.165) is 39.7 Å². The van der Waals surface area contributed by atoms with Gasteiger partial charge < -0.3 is 14.7 Å². The van der Waals surface area contributed by atoms with Crippen LogP contribution in [0.2, 0.25) is 0 Å². The molecule has 0 aliphatic carbocycles. The summed E-state index contributed by atoms with van der Waals surface area (Å²) < 4.78 is 6.11. The average molecular weight is 331 g/mol. The molecule has 4 heteroatoms. The number of aromatic hydroxyl groups is 1. The molecule has 124 valence electrons. The fourth-order valence-electron chi connectivity index (χ4n) is 3.07. The van der Waals surface area contributed by atoms with Gasteiger partial charge in [0.25, 0.3) is 0 Å². The number of aryl methyl sites for hydroxylation is 2. The van der Waals surface area contributed by atoms with Gasteiger partial charge in [0.15, 0.2) is 17.8 Å². The van der Waals surface area contributed by atoms with Crippen molar-refractivity contribution in [3.8, 4) is 17.2 Å². The number of ether oxygens (including phenoxy) is 1. The van der Waals surface area contributed by atoms with Crippen LogP contribution >= 0.6 is 0 Å². The van der Waals surface area contributed by atoms with Gasteiger partial charge in [0.1, 0.15) is 5.75 Å². The van der Waals surface area contributed by atoms with Crippen molar-refractivity contribution in [2.45, 2.75) is 13.8 Å². The molecule has 4 rings (SSSR count). The Labute approximate surface area is 145 Å². The first-order chi connectivity index (χ1) is 12.1. The zero-order valence-electron chi connectivity index (χ0n) is 14.0. The molecule has 3 aromatic carbocycles. The third-order valence-electron chi connectivity index (χ3n) is 4.33. The zero-order valence-corrected chi connectivity index (χ0v) is 14.0. The molecule has 0 atom stereocenters. The molecular weight excluding hydrogens is 314 g/mol. The Kier molecular flexibility index (Phi) is 3.46. The van der Waals surface area contributed by atoms with Gasteiger partial charge in [0.05, 0.1) is 22.6 Å². The summed E-state index contributed by atoms with van der Waals surface area (Å²) in [5.74, 6) is 1.48. The molecule has 0 aromatic heterocycles. The topological polar surface area (TPSA) is 49.8 Å². The van der Waals surface area contributed by atoms with Crippen LogP contribution in [0.25, 0.3) is 0 Å². The van der Waals surface area contributed by atoms with E-state index in [1.54, 1.807) is 12.1 Å². The Morgan fingerprint density at radius 3 is 2.00 bits per heavy atom.